The zero-order chi connectivity index (χ0) is 27.2. The fraction of sp³-hybridized carbons (Fsp3) is 0.111. The summed E-state index contributed by atoms with van der Waals surface area (Å²) in [7, 11) is -4.56. The lowest BCUT2D eigenvalue weighted by Gasteiger charge is -2.26. The normalized spacial score (nSPS) is 10.9. The van der Waals surface area contributed by atoms with Crippen molar-refractivity contribution in [2.24, 2.45) is 0 Å². The molecular weight excluding hydrogens is 521 g/mol. The number of hydrogen-bond donors (Lipinski definition) is 0. The first kappa shape index (κ1) is 28.3. The van der Waals surface area contributed by atoms with Gasteiger partial charge in [0, 0.05) is 0 Å². The summed E-state index contributed by atoms with van der Waals surface area (Å²) >= 11 is 1.80. The molecule has 4 aromatic rings. The average Bonchev–Trinajstić information content (AvgIpc) is 3.01. The van der Waals surface area contributed by atoms with Gasteiger partial charge < -0.3 is 0 Å². The van der Waals surface area contributed by atoms with Crippen molar-refractivity contribution in [2.45, 2.75) is 12.1 Å². The number of hydrogen-bond acceptors (Lipinski definition) is 1. The van der Waals surface area contributed by atoms with Crippen LogP contribution in [-0.4, -0.2) is 27.7 Å². The summed E-state index contributed by atoms with van der Waals surface area (Å²) in [6.07, 6.45) is 4.08. The highest BCUT2D eigenvalue weighted by Gasteiger charge is 2.35. The van der Waals surface area contributed by atoms with E-state index in [9.17, 15) is 0 Å². The Morgan fingerprint density at radius 1 is 0.487 bits per heavy atom. The molecule has 0 saturated carbocycles. The second-order valence-corrected chi connectivity index (χ2v) is 17.6. The lowest BCUT2D eigenvalue weighted by Crippen LogP contribution is -2.57. The molecule has 0 heterocycles. The molecular formula is C36H34SSi2. The predicted molar refractivity (Wildman–Crippen MR) is 179 cm³/mol. The summed E-state index contributed by atoms with van der Waals surface area (Å²) in [6, 6.07) is 44.9. The third-order valence-electron chi connectivity index (χ3n) is 6.92. The van der Waals surface area contributed by atoms with Crippen molar-refractivity contribution >= 4 is 48.7 Å². The zero-order valence-corrected chi connectivity index (χ0v) is 25.2. The molecule has 4 aromatic carbocycles. The summed E-state index contributed by atoms with van der Waals surface area (Å²) < 4.78 is 0. The summed E-state index contributed by atoms with van der Waals surface area (Å²) in [6.45, 7) is 8.19. The van der Waals surface area contributed by atoms with E-state index in [0.29, 0.717) is 0 Å². The zero-order valence-electron chi connectivity index (χ0n) is 22.4. The molecule has 0 saturated heterocycles. The molecule has 0 bridgehead atoms. The maximum absolute atomic E-state index is 4.09. The highest BCUT2D eigenvalue weighted by atomic mass is 32.2. The Kier molecular flexibility index (Phi) is 10.5. The van der Waals surface area contributed by atoms with Crippen LogP contribution in [0, 0.1) is 22.9 Å². The van der Waals surface area contributed by atoms with E-state index in [-0.39, 0.29) is 0 Å². The molecule has 0 unspecified atom stereocenters. The Labute approximate surface area is 240 Å². The van der Waals surface area contributed by atoms with E-state index in [1.807, 2.05) is 12.2 Å². The molecule has 0 nitrogen and oxygen atoms in total. The van der Waals surface area contributed by atoms with Gasteiger partial charge in [-0.3, -0.25) is 0 Å². The van der Waals surface area contributed by atoms with Crippen LogP contribution in [0.3, 0.4) is 0 Å². The molecule has 0 fully saturated rings. The van der Waals surface area contributed by atoms with Gasteiger partial charge in [-0.15, -0.1) is 36.0 Å². The predicted octanol–water partition coefficient (Wildman–Crippen LogP) is 5.70. The summed E-state index contributed by atoms with van der Waals surface area (Å²) in [5.41, 5.74) is 7.58. The van der Waals surface area contributed by atoms with Crippen LogP contribution < -0.4 is 20.7 Å². The van der Waals surface area contributed by atoms with Crippen molar-refractivity contribution in [3.8, 4) is 22.9 Å². The molecule has 3 heteroatoms. The first-order valence-corrected chi connectivity index (χ1v) is 18.8. The van der Waals surface area contributed by atoms with Gasteiger partial charge in [-0.05, 0) is 32.8 Å². The second-order valence-electron chi connectivity index (χ2n) is 9.36. The minimum atomic E-state index is -2.28. The molecule has 0 spiro atoms. The lowest BCUT2D eigenvalue weighted by molar-refractivity contribution is 1.60. The van der Waals surface area contributed by atoms with Crippen LogP contribution in [0.5, 0.6) is 0 Å². The van der Waals surface area contributed by atoms with E-state index in [4.69, 9.17) is 0 Å². The summed E-state index contributed by atoms with van der Waals surface area (Å²) in [5, 5.41) is 5.33. The fourth-order valence-corrected chi connectivity index (χ4v) is 12.8. The van der Waals surface area contributed by atoms with E-state index >= 15 is 0 Å². The van der Waals surface area contributed by atoms with Gasteiger partial charge in [0.2, 0.25) is 16.1 Å². The quantitative estimate of drug-likeness (QED) is 0.105. The van der Waals surface area contributed by atoms with Crippen LogP contribution in [0.2, 0.25) is 12.1 Å². The standard InChI is InChI=1S/C36H34SSi2/c1-3-29-38(33-19-9-5-10-20-33,34-21-11-6-12-22-34)31-17-27-37-28-18-32-39(30-4-2,35-23-13-7-14-24-35)36-25-15-8-16-26-36/h3-16,19-26H,1-2,27-30H2. The van der Waals surface area contributed by atoms with Gasteiger partial charge in [0.05, 0.1) is 11.5 Å². The number of allylic oxidation sites excluding steroid dienone is 2. The molecule has 4 rings (SSSR count). The molecule has 0 atom stereocenters. The SMILES string of the molecule is C=CC[Si](C#CCSCC#C[Si](CC=C)(c1ccccc1)c1ccccc1)(c1ccccc1)c1ccccc1. The van der Waals surface area contributed by atoms with Gasteiger partial charge >= 0.3 is 0 Å². The van der Waals surface area contributed by atoms with Gasteiger partial charge in [0.25, 0.3) is 0 Å². The molecule has 0 aromatic heterocycles. The van der Waals surface area contributed by atoms with E-state index in [2.05, 4.69) is 157 Å². The van der Waals surface area contributed by atoms with Crippen molar-refractivity contribution in [2.75, 3.05) is 11.5 Å². The van der Waals surface area contributed by atoms with E-state index in [1.54, 1.807) is 11.8 Å². The third-order valence-corrected chi connectivity index (χ3v) is 15.9. The van der Waals surface area contributed by atoms with E-state index in [0.717, 1.165) is 23.6 Å². The van der Waals surface area contributed by atoms with Crippen LogP contribution in [0.1, 0.15) is 0 Å². The Morgan fingerprint density at radius 3 is 1.03 bits per heavy atom. The van der Waals surface area contributed by atoms with Crippen molar-refractivity contribution in [1.82, 2.24) is 0 Å². The molecule has 0 radical (unpaired) electrons. The lowest BCUT2D eigenvalue weighted by atomic mass is 10.4. The third kappa shape index (κ3) is 6.83. The minimum absolute atomic E-state index is 0.757. The van der Waals surface area contributed by atoms with Crippen molar-refractivity contribution in [3.05, 3.63) is 147 Å². The Hall–Kier alpha value is -3.74. The first-order chi connectivity index (χ1) is 19.2. The van der Waals surface area contributed by atoms with Gasteiger partial charge in [0.1, 0.15) is 0 Å². The molecule has 0 amide bonds. The number of thioether (sulfide) groups is 1. The smallest absolute Gasteiger partial charge is 0.136 e. The van der Waals surface area contributed by atoms with Gasteiger partial charge in [-0.1, -0.05) is 145 Å². The highest BCUT2D eigenvalue weighted by Crippen LogP contribution is 2.14. The van der Waals surface area contributed by atoms with Gasteiger partial charge in [-0.2, -0.15) is 0 Å². The van der Waals surface area contributed by atoms with Crippen LogP contribution >= 0.6 is 11.8 Å². The van der Waals surface area contributed by atoms with Crippen LogP contribution in [0.25, 0.3) is 0 Å². The molecule has 0 aliphatic rings. The van der Waals surface area contributed by atoms with Crippen LogP contribution in [0.15, 0.2) is 147 Å². The largest absolute Gasteiger partial charge is 0.202 e. The molecule has 0 aliphatic carbocycles. The Bertz CT molecular complexity index is 1260. The Balaban J connectivity index is 1.57. The molecule has 0 N–H and O–H groups in total. The van der Waals surface area contributed by atoms with Crippen LogP contribution in [-0.2, 0) is 0 Å². The average molecular weight is 555 g/mol. The van der Waals surface area contributed by atoms with E-state index < -0.39 is 16.1 Å². The minimum Gasteiger partial charge on any atom is -0.136 e. The summed E-state index contributed by atoms with van der Waals surface area (Å²) in [5.74, 6) is 8.61. The topological polar surface area (TPSA) is 0 Å². The Morgan fingerprint density at radius 2 is 0.769 bits per heavy atom. The van der Waals surface area contributed by atoms with Crippen molar-refractivity contribution in [3.63, 3.8) is 0 Å². The van der Waals surface area contributed by atoms with Crippen LogP contribution in [0.4, 0.5) is 0 Å². The number of benzene rings is 4. The highest BCUT2D eigenvalue weighted by molar-refractivity contribution is 7.99. The maximum Gasteiger partial charge on any atom is 0.202 e. The second kappa shape index (κ2) is 14.4. The van der Waals surface area contributed by atoms with Crippen molar-refractivity contribution < 1.29 is 0 Å². The van der Waals surface area contributed by atoms with E-state index in [1.165, 1.54) is 20.7 Å². The monoisotopic (exact) mass is 554 g/mol. The number of rotatable bonds is 10. The summed E-state index contributed by atoms with van der Waals surface area (Å²) in [4.78, 5) is 0. The van der Waals surface area contributed by atoms with Crippen molar-refractivity contribution in [1.29, 1.82) is 0 Å². The van der Waals surface area contributed by atoms with Gasteiger partial charge in [-0.25, -0.2) is 0 Å². The maximum atomic E-state index is 4.09. The molecule has 0 aliphatic heterocycles. The first-order valence-electron chi connectivity index (χ1n) is 13.3. The van der Waals surface area contributed by atoms with Gasteiger partial charge in [0.15, 0.2) is 0 Å². The molecule has 192 valence electrons. The molecule has 39 heavy (non-hydrogen) atoms. The fourth-order valence-electron chi connectivity index (χ4n) is 5.05.